The van der Waals surface area contributed by atoms with E-state index in [-0.39, 0.29) is 17.6 Å². The molecule has 5 nitrogen and oxygen atoms in total. The molecule has 2 aromatic heterocycles. The third-order valence-electron chi connectivity index (χ3n) is 5.16. The van der Waals surface area contributed by atoms with Gasteiger partial charge in [-0.25, -0.2) is 0 Å². The summed E-state index contributed by atoms with van der Waals surface area (Å²) in [5, 5.41) is 6.34. The fourth-order valence-electron chi connectivity index (χ4n) is 3.61. The molecule has 0 aromatic carbocycles. The average molecular weight is 359 g/mol. The van der Waals surface area contributed by atoms with Crippen LogP contribution in [0.3, 0.4) is 0 Å². The minimum atomic E-state index is -0.0572. The summed E-state index contributed by atoms with van der Waals surface area (Å²) in [5.41, 5.74) is 3.28. The lowest BCUT2D eigenvalue weighted by Gasteiger charge is -2.32. The van der Waals surface area contributed by atoms with Crippen molar-refractivity contribution in [1.29, 1.82) is 0 Å². The predicted octanol–water partition coefficient (Wildman–Crippen LogP) is 3.15. The van der Waals surface area contributed by atoms with Gasteiger partial charge >= 0.3 is 0 Å². The Balaban J connectivity index is 1.59. The number of rotatable bonds is 5. The number of carbonyl (C=O) groups excluding carboxylic acids is 2. The van der Waals surface area contributed by atoms with Crippen LogP contribution in [0, 0.1) is 19.8 Å². The van der Waals surface area contributed by atoms with E-state index in [2.05, 4.69) is 5.10 Å². The lowest BCUT2D eigenvalue weighted by Crippen LogP contribution is -2.42. The molecular formula is C19H25N3O2S. The zero-order valence-corrected chi connectivity index (χ0v) is 15.9. The van der Waals surface area contributed by atoms with Gasteiger partial charge in [-0.1, -0.05) is 6.07 Å². The lowest BCUT2D eigenvalue weighted by atomic mass is 9.92. The van der Waals surface area contributed by atoms with Gasteiger partial charge in [0.25, 0.3) is 0 Å². The maximum absolute atomic E-state index is 12.6. The summed E-state index contributed by atoms with van der Waals surface area (Å²) >= 11 is 1.49. The molecule has 25 heavy (non-hydrogen) atoms. The van der Waals surface area contributed by atoms with Crippen LogP contribution >= 0.6 is 11.3 Å². The fourth-order valence-corrected chi connectivity index (χ4v) is 4.35. The third kappa shape index (κ3) is 3.84. The van der Waals surface area contributed by atoms with E-state index in [0.717, 1.165) is 35.7 Å². The SMILES string of the molecule is Cc1nn(C)c(C)c1CCC(=O)N1CCC[C@@H](C(=O)c2cccs2)C1. The maximum atomic E-state index is 12.6. The number of Topliss-reactive ketones (excluding diaryl/α,β-unsaturated/α-hetero) is 1. The van der Waals surface area contributed by atoms with Crippen LogP contribution in [0.5, 0.6) is 0 Å². The molecule has 3 heterocycles. The van der Waals surface area contributed by atoms with Crippen LogP contribution < -0.4 is 0 Å². The van der Waals surface area contributed by atoms with Crippen LogP contribution in [-0.4, -0.2) is 39.5 Å². The molecule has 1 amide bonds. The Morgan fingerprint density at radius 3 is 2.80 bits per heavy atom. The highest BCUT2D eigenvalue weighted by molar-refractivity contribution is 7.12. The highest BCUT2D eigenvalue weighted by Crippen LogP contribution is 2.24. The third-order valence-corrected chi connectivity index (χ3v) is 6.04. The van der Waals surface area contributed by atoms with E-state index in [0.29, 0.717) is 19.4 Å². The Bertz CT molecular complexity index is 764. The van der Waals surface area contributed by atoms with Crippen LogP contribution in [-0.2, 0) is 18.3 Å². The van der Waals surface area contributed by atoms with Crippen molar-refractivity contribution in [3.63, 3.8) is 0 Å². The number of nitrogens with zero attached hydrogens (tertiary/aromatic N) is 3. The van der Waals surface area contributed by atoms with Gasteiger partial charge in [0.2, 0.25) is 5.91 Å². The normalized spacial score (nSPS) is 17.7. The first kappa shape index (κ1) is 17.9. The molecule has 0 spiro atoms. The molecule has 1 aliphatic rings. The smallest absolute Gasteiger partial charge is 0.222 e. The quantitative estimate of drug-likeness (QED) is 0.771. The molecule has 0 bridgehead atoms. The first-order valence-corrected chi connectivity index (χ1v) is 9.70. The van der Waals surface area contributed by atoms with Crippen LogP contribution in [0.25, 0.3) is 0 Å². The van der Waals surface area contributed by atoms with Crippen molar-refractivity contribution in [2.24, 2.45) is 13.0 Å². The molecule has 0 saturated carbocycles. The Labute approximate surface area is 152 Å². The van der Waals surface area contributed by atoms with E-state index in [4.69, 9.17) is 0 Å². The van der Waals surface area contributed by atoms with Crippen molar-refractivity contribution in [2.75, 3.05) is 13.1 Å². The second kappa shape index (κ2) is 7.52. The number of ketones is 1. The molecule has 0 aliphatic carbocycles. The van der Waals surface area contributed by atoms with Crippen molar-refractivity contribution < 1.29 is 9.59 Å². The summed E-state index contributed by atoms with van der Waals surface area (Å²) < 4.78 is 1.87. The van der Waals surface area contributed by atoms with Gasteiger partial charge in [0.1, 0.15) is 0 Å². The number of aryl methyl sites for hydroxylation is 2. The molecule has 1 saturated heterocycles. The number of hydrogen-bond acceptors (Lipinski definition) is 4. The molecule has 6 heteroatoms. The zero-order valence-electron chi connectivity index (χ0n) is 15.1. The van der Waals surface area contributed by atoms with Gasteiger partial charge in [0.05, 0.1) is 10.6 Å². The number of piperidine rings is 1. The Hall–Kier alpha value is -1.95. The molecule has 3 rings (SSSR count). The second-order valence-electron chi connectivity index (χ2n) is 6.79. The van der Waals surface area contributed by atoms with E-state index in [9.17, 15) is 9.59 Å². The zero-order chi connectivity index (χ0) is 18.0. The highest BCUT2D eigenvalue weighted by atomic mass is 32.1. The minimum Gasteiger partial charge on any atom is -0.342 e. The van der Waals surface area contributed by atoms with E-state index in [1.807, 2.05) is 48.0 Å². The summed E-state index contributed by atoms with van der Waals surface area (Å²) in [4.78, 5) is 27.9. The summed E-state index contributed by atoms with van der Waals surface area (Å²) in [7, 11) is 1.93. The first-order chi connectivity index (χ1) is 12.0. The number of carbonyl (C=O) groups is 2. The molecule has 0 unspecified atom stereocenters. The molecular weight excluding hydrogens is 334 g/mol. The molecule has 2 aromatic rings. The number of aromatic nitrogens is 2. The minimum absolute atomic E-state index is 0.0572. The van der Waals surface area contributed by atoms with Gasteiger partial charge in [-0.2, -0.15) is 5.10 Å². The van der Waals surface area contributed by atoms with E-state index < -0.39 is 0 Å². The summed E-state index contributed by atoms with van der Waals surface area (Å²) in [6, 6.07) is 3.78. The van der Waals surface area contributed by atoms with Crippen molar-refractivity contribution in [3.8, 4) is 0 Å². The number of hydrogen-bond donors (Lipinski definition) is 0. The van der Waals surface area contributed by atoms with E-state index in [1.54, 1.807) is 0 Å². The van der Waals surface area contributed by atoms with E-state index in [1.165, 1.54) is 16.9 Å². The number of amides is 1. The van der Waals surface area contributed by atoms with Gasteiger partial charge in [-0.3, -0.25) is 14.3 Å². The van der Waals surface area contributed by atoms with Crippen molar-refractivity contribution in [2.45, 2.75) is 39.5 Å². The van der Waals surface area contributed by atoms with Crippen molar-refractivity contribution in [3.05, 3.63) is 39.3 Å². The number of likely N-dealkylation sites (tertiary alicyclic amines) is 1. The Kier molecular flexibility index (Phi) is 5.37. The summed E-state index contributed by atoms with van der Waals surface area (Å²) in [5.74, 6) is 0.274. The largest absolute Gasteiger partial charge is 0.342 e. The topological polar surface area (TPSA) is 55.2 Å². The second-order valence-corrected chi connectivity index (χ2v) is 7.74. The fraction of sp³-hybridized carbons (Fsp3) is 0.526. The first-order valence-electron chi connectivity index (χ1n) is 8.82. The van der Waals surface area contributed by atoms with Crippen LogP contribution in [0.1, 0.15) is 45.9 Å². The van der Waals surface area contributed by atoms with Gasteiger partial charge in [0, 0.05) is 38.2 Å². The average Bonchev–Trinajstić information content (AvgIpc) is 3.22. The molecule has 0 radical (unpaired) electrons. The molecule has 1 aliphatic heterocycles. The van der Waals surface area contributed by atoms with Crippen LogP contribution in [0.4, 0.5) is 0 Å². The molecule has 134 valence electrons. The van der Waals surface area contributed by atoms with Crippen molar-refractivity contribution in [1.82, 2.24) is 14.7 Å². The molecule has 0 N–H and O–H groups in total. The van der Waals surface area contributed by atoms with Crippen molar-refractivity contribution >= 4 is 23.0 Å². The lowest BCUT2D eigenvalue weighted by molar-refractivity contribution is -0.132. The highest BCUT2D eigenvalue weighted by Gasteiger charge is 2.29. The monoisotopic (exact) mass is 359 g/mol. The van der Waals surface area contributed by atoms with Crippen LogP contribution in [0.15, 0.2) is 17.5 Å². The van der Waals surface area contributed by atoms with Gasteiger partial charge < -0.3 is 4.90 Å². The Morgan fingerprint density at radius 2 is 2.16 bits per heavy atom. The standard InChI is InChI=1S/C19H25N3O2S/c1-13-16(14(2)21(3)20-13)8-9-18(23)22-10-4-6-15(12-22)19(24)17-7-5-11-25-17/h5,7,11,15H,4,6,8-10,12H2,1-3H3/t15-/m1/s1. The van der Waals surface area contributed by atoms with Gasteiger partial charge in [-0.05, 0) is 50.1 Å². The van der Waals surface area contributed by atoms with Crippen LogP contribution in [0.2, 0.25) is 0 Å². The molecule has 1 fully saturated rings. The summed E-state index contributed by atoms with van der Waals surface area (Å²) in [6.45, 7) is 5.35. The summed E-state index contributed by atoms with van der Waals surface area (Å²) in [6.07, 6.45) is 2.97. The maximum Gasteiger partial charge on any atom is 0.222 e. The molecule has 1 atom stereocenters. The van der Waals surface area contributed by atoms with E-state index >= 15 is 0 Å². The van der Waals surface area contributed by atoms with Gasteiger partial charge in [0.15, 0.2) is 5.78 Å². The Morgan fingerprint density at radius 1 is 1.36 bits per heavy atom. The predicted molar refractivity (Wildman–Crippen MR) is 99.0 cm³/mol. The number of thiophene rings is 1. The van der Waals surface area contributed by atoms with Gasteiger partial charge in [-0.15, -0.1) is 11.3 Å².